The van der Waals surface area contributed by atoms with Crippen LogP contribution < -0.4 is 10.1 Å². The third-order valence-electron chi connectivity index (χ3n) is 3.11. The largest absolute Gasteiger partial charge is 0.494 e. The lowest BCUT2D eigenvalue weighted by Crippen LogP contribution is -2.14. The fourth-order valence-corrected chi connectivity index (χ4v) is 2.04. The van der Waals surface area contributed by atoms with E-state index >= 15 is 0 Å². The molecule has 6 nitrogen and oxygen atoms in total. The second-order valence-electron chi connectivity index (χ2n) is 4.64. The first-order valence-corrected chi connectivity index (χ1v) is 6.81. The zero-order chi connectivity index (χ0) is 16.1. The van der Waals surface area contributed by atoms with E-state index in [1.165, 1.54) is 12.1 Å². The quantitative estimate of drug-likeness (QED) is 0.676. The molecule has 22 heavy (non-hydrogen) atoms. The number of nitro groups is 1. The topological polar surface area (TPSA) is 81.5 Å². The maximum Gasteiger partial charge on any atom is 0.296 e. The average Bonchev–Trinajstić information content (AvgIpc) is 2.49. The highest BCUT2D eigenvalue weighted by Gasteiger charge is 2.18. The Kier molecular flexibility index (Phi) is 4.73. The van der Waals surface area contributed by atoms with Crippen molar-refractivity contribution in [1.29, 1.82) is 0 Å². The van der Waals surface area contributed by atoms with Crippen LogP contribution in [-0.2, 0) is 0 Å². The molecule has 0 aliphatic heterocycles. The molecule has 0 saturated carbocycles. The molecule has 114 valence electrons. The predicted molar refractivity (Wildman–Crippen MR) is 83.4 cm³/mol. The Hall–Kier alpha value is -2.89. The second kappa shape index (κ2) is 6.71. The molecule has 0 heterocycles. The van der Waals surface area contributed by atoms with Gasteiger partial charge in [-0.15, -0.1) is 0 Å². The van der Waals surface area contributed by atoms with Gasteiger partial charge in [0.05, 0.1) is 17.6 Å². The van der Waals surface area contributed by atoms with Crippen molar-refractivity contribution in [1.82, 2.24) is 0 Å². The molecule has 0 spiro atoms. The summed E-state index contributed by atoms with van der Waals surface area (Å²) in [5.41, 5.74) is 1.22. The Balaban J connectivity index is 2.31. The summed E-state index contributed by atoms with van der Waals surface area (Å²) >= 11 is 0. The number of nitrogens with zero attached hydrogens (tertiary/aromatic N) is 1. The Morgan fingerprint density at radius 3 is 2.64 bits per heavy atom. The highest BCUT2D eigenvalue weighted by Crippen LogP contribution is 2.29. The second-order valence-corrected chi connectivity index (χ2v) is 4.64. The van der Waals surface area contributed by atoms with Crippen LogP contribution in [0.5, 0.6) is 5.75 Å². The first-order chi connectivity index (χ1) is 10.5. The lowest BCUT2D eigenvalue weighted by molar-refractivity contribution is -0.384. The summed E-state index contributed by atoms with van der Waals surface area (Å²) < 4.78 is 5.24. The number of hydrogen-bond acceptors (Lipinski definition) is 4. The van der Waals surface area contributed by atoms with Crippen molar-refractivity contribution in [3.05, 3.63) is 63.7 Å². The van der Waals surface area contributed by atoms with Crippen molar-refractivity contribution in [2.75, 3.05) is 11.9 Å². The molecule has 0 aliphatic carbocycles. The number of nitro benzene ring substituents is 1. The van der Waals surface area contributed by atoms with E-state index in [2.05, 4.69) is 5.32 Å². The van der Waals surface area contributed by atoms with Crippen LogP contribution in [0.2, 0.25) is 0 Å². The maximum absolute atomic E-state index is 12.3. The number of aryl methyl sites for hydroxylation is 1. The minimum atomic E-state index is -0.546. The summed E-state index contributed by atoms with van der Waals surface area (Å²) in [5, 5.41) is 13.7. The van der Waals surface area contributed by atoms with Gasteiger partial charge in [-0.3, -0.25) is 14.9 Å². The van der Waals surface area contributed by atoms with Gasteiger partial charge in [0.1, 0.15) is 11.4 Å². The van der Waals surface area contributed by atoms with E-state index in [9.17, 15) is 14.9 Å². The van der Waals surface area contributed by atoms with E-state index in [1.807, 2.05) is 19.1 Å². The van der Waals surface area contributed by atoms with Crippen LogP contribution >= 0.6 is 0 Å². The minimum Gasteiger partial charge on any atom is -0.494 e. The smallest absolute Gasteiger partial charge is 0.296 e. The molecule has 0 saturated heterocycles. The number of anilines is 1. The Bertz CT molecular complexity index is 713. The van der Waals surface area contributed by atoms with E-state index in [1.54, 1.807) is 25.1 Å². The Morgan fingerprint density at radius 1 is 1.27 bits per heavy atom. The van der Waals surface area contributed by atoms with E-state index < -0.39 is 4.92 Å². The summed E-state index contributed by atoms with van der Waals surface area (Å²) in [6.45, 7) is 4.01. The number of hydrogen-bond donors (Lipinski definition) is 1. The van der Waals surface area contributed by atoms with Gasteiger partial charge < -0.3 is 10.1 Å². The third kappa shape index (κ3) is 3.41. The number of rotatable bonds is 5. The Morgan fingerprint density at radius 2 is 2.00 bits per heavy atom. The van der Waals surface area contributed by atoms with Crippen molar-refractivity contribution in [3.63, 3.8) is 0 Å². The molecule has 0 fully saturated rings. The fraction of sp³-hybridized carbons (Fsp3) is 0.188. The SMILES string of the molecule is CCOc1ccc(NC(=O)c2ccccc2C)c([N+](=O)[O-])c1. The van der Waals surface area contributed by atoms with Gasteiger partial charge in [-0.25, -0.2) is 0 Å². The van der Waals surface area contributed by atoms with Gasteiger partial charge in [0.15, 0.2) is 0 Å². The van der Waals surface area contributed by atoms with Crippen molar-refractivity contribution >= 4 is 17.3 Å². The van der Waals surface area contributed by atoms with E-state index in [4.69, 9.17) is 4.74 Å². The van der Waals surface area contributed by atoms with E-state index in [0.29, 0.717) is 17.9 Å². The molecule has 2 rings (SSSR count). The van der Waals surface area contributed by atoms with Crippen molar-refractivity contribution in [2.45, 2.75) is 13.8 Å². The normalized spacial score (nSPS) is 10.1. The summed E-state index contributed by atoms with van der Waals surface area (Å²) in [7, 11) is 0. The van der Waals surface area contributed by atoms with Crippen LogP contribution in [0.4, 0.5) is 11.4 Å². The lowest BCUT2D eigenvalue weighted by atomic mass is 10.1. The van der Waals surface area contributed by atoms with Gasteiger partial charge in [-0.2, -0.15) is 0 Å². The molecule has 0 aromatic heterocycles. The molecule has 0 atom stereocenters. The van der Waals surface area contributed by atoms with Crippen LogP contribution in [0.1, 0.15) is 22.8 Å². The fourth-order valence-electron chi connectivity index (χ4n) is 2.04. The van der Waals surface area contributed by atoms with Crippen LogP contribution in [0, 0.1) is 17.0 Å². The molecule has 0 unspecified atom stereocenters. The van der Waals surface area contributed by atoms with Crippen LogP contribution in [0.15, 0.2) is 42.5 Å². The minimum absolute atomic E-state index is 0.140. The zero-order valence-electron chi connectivity index (χ0n) is 12.3. The molecule has 6 heteroatoms. The maximum atomic E-state index is 12.3. The van der Waals surface area contributed by atoms with Gasteiger partial charge >= 0.3 is 0 Å². The molecule has 1 N–H and O–H groups in total. The van der Waals surface area contributed by atoms with Crippen molar-refractivity contribution in [2.24, 2.45) is 0 Å². The number of ether oxygens (including phenoxy) is 1. The first-order valence-electron chi connectivity index (χ1n) is 6.81. The van der Waals surface area contributed by atoms with Crippen LogP contribution in [0.3, 0.4) is 0 Å². The van der Waals surface area contributed by atoms with Gasteiger partial charge in [0.25, 0.3) is 11.6 Å². The van der Waals surface area contributed by atoms with Gasteiger partial charge in [-0.05, 0) is 37.6 Å². The molecule has 2 aromatic carbocycles. The summed E-state index contributed by atoms with van der Waals surface area (Å²) in [6, 6.07) is 11.4. The zero-order valence-corrected chi connectivity index (χ0v) is 12.3. The molecule has 1 amide bonds. The number of benzene rings is 2. The van der Waals surface area contributed by atoms with Crippen LogP contribution in [-0.4, -0.2) is 17.4 Å². The van der Waals surface area contributed by atoms with Gasteiger partial charge in [0.2, 0.25) is 0 Å². The molecule has 2 aromatic rings. The number of carbonyl (C=O) groups excluding carboxylic acids is 1. The highest BCUT2D eigenvalue weighted by molar-refractivity contribution is 6.06. The first kappa shape index (κ1) is 15.5. The summed E-state index contributed by atoms with van der Waals surface area (Å²) in [5.74, 6) is 0.00782. The number of amides is 1. The number of nitrogens with one attached hydrogen (secondary N) is 1. The number of carbonyl (C=O) groups is 1. The predicted octanol–water partition coefficient (Wildman–Crippen LogP) is 3.55. The van der Waals surface area contributed by atoms with E-state index in [-0.39, 0.29) is 17.3 Å². The van der Waals surface area contributed by atoms with Gasteiger partial charge in [-0.1, -0.05) is 18.2 Å². The Labute approximate surface area is 127 Å². The summed E-state index contributed by atoms with van der Waals surface area (Å²) in [4.78, 5) is 22.9. The lowest BCUT2D eigenvalue weighted by Gasteiger charge is -2.09. The highest BCUT2D eigenvalue weighted by atomic mass is 16.6. The van der Waals surface area contributed by atoms with Crippen molar-refractivity contribution < 1.29 is 14.5 Å². The third-order valence-corrected chi connectivity index (χ3v) is 3.11. The van der Waals surface area contributed by atoms with Crippen molar-refractivity contribution in [3.8, 4) is 5.75 Å². The molecule has 0 aliphatic rings. The monoisotopic (exact) mass is 300 g/mol. The standard InChI is InChI=1S/C16H16N2O4/c1-3-22-12-8-9-14(15(10-12)18(20)21)17-16(19)13-7-5-4-6-11(13)2/h4-10H,3H2,1-2H3,(H,17,19). The molecule has 0 bridgehead atoms. The average molecular weight is 300 g/mol. The molecular weight excluding hydrogens is 284 g/mol. The molecule has 0 radical (unpaired) electrons. The van der Waals surface area contributed by atoms with E-state index in [0.717, 1.165) is 5.56 Å². The van der Waals surface area contributed by atoms with Crippen LogP contribution in [0.25, 0.3) is 0 Å². The van der Waals surface area contributed by atoms with Gasteiger partial charge in [0, 0.05) is 5.56 Å². The molecular formula is C16H16N2O4. The summed E-state index contributed by atoms with van der Waals surface area (Å²) in [6.07, 6.45) is 0.